The molecule has 0 aliphatic carbocycles. The van der Waals surface area contributed by atoms with E-state index in [4.69, 9.17) is 51.6 Å². The van der Waals surface area contributed by atoms with E-state index >= 15 is 19.2 Å². The lowest BCUT2D eigenvalue weighted by atomic mass is 9.95. The molecule has 16 amide bonds. The first-order chi connectivity index (χ1) is 68.3. The number of nitrogens with zero attached hydrogens (tertiary/aromatic N) is 1. The van der Waals surface area contributed by atoms with Gasteiger partial charge in [0, 0.05) is 19.4 Å². The van der Waals surface area contributed by atoms with E-state index in [1.807, 2.05) is 27.7 Å². The lowest BCUT2D eigenvalue weighted by molar-refractivity contribution is -0.142. The standard InChI is InChI=1S/C100H176N26O18/c1-13-65(12)84(98(142)120-73(41-24-30-48-105)88(132)115-69(37-20-26-44-101)86(130)112-59-83(128)114-80(56-66-33-16-14-17-34-66)95(139)117-71(39-22-28-46-103)89(133)121-75(99(143)144)42-25-31-49-106)126-97(141)79(55-64(10)11)123-91(135)74(43-32-50-110-100(108)109)119-93(137)77(53-62(6)7)124-94(138)78(54-63(8)9)122-90(134)72(40-23-29-47-104)116-87(131)70(38-21-27-45-102)118-96(140)81(57-67-35-18-15-19-36-67)125-92(136)76(52-61(4)5)113-82(127)58-111-85(129)68(107)51-60(2)3/h14-19,33-36,60-65,68-81,84H,13,20-32,37-59,101-107H2,1-12H3,(H,111,129)(H,112,130)(H,113,127)(H,114,128)(H,115,132)(H,116,131)(H,117,139)(H,118,140)(H,119,137)(H,120,142)(H,121,133)(H,122,134)(H,123,135)(H,124,138)(H,125,136)(H,126,141)(H,143,144)(H4,108,109,110)/t65-,68-,69-,70-,71-,72-,73-,74-,75-,76-,77-,78-,79-,80-,81-,84-/m0/s1. The summed E-state index contributed by atoms with van der Waals surface area (Å²) in [7, 11) is 0. The zero-order valence-corrected chi connectivity index (χ0v) is 87.1. The number of carboxylic acids is 1. The minimum absolute atomic E-state index is 0.00126. The molecule has 44 heteroatoms. The van der Waals surface area contributed by atoms with Gasteiger partial charge in [0.05, 0.1) is 19.1 Å². The van der Waals surface area contributed by atoms with Crippen molar-refractivity contribution in [3.8, 4) is 0 Å². The number of rotatable bonds is 77. The topological polar surface area (TPSA) is 749 Å². The molecule has 0 bridgehead atoms. The summed E-state index contributed by atoms with van der Waals surface area (Å²) in [6.07, 6.45) is 5.39. The zero-order chi connectivity index (χ0) is 108. The number of guanidine groups is 1. The van der Waals surface area contributed by atoms with Crippen molar-refractivity contribution in [3.63, 3.8) is 0 Å². The predicted octanol–water partition coefficient (Wildman–Crippen LogP) is -0.992. The molecule has 0 saturated heterocycles. The molecule has 35 N–H and O–H groups in total. The number of nitrogens with two attached hydrogens (primary N) is 9. The first-order valence-electron chi connectivity index (χ1n) is 51.5. The Labute approximate surface area is 850 Å². The molecule has 0 aromatic heterocycles. The molecule has 2 aromatic rings. The van der Waals surface area contributed by atoms with Crippen LogP contribution in [0.5, 0.6) is 0 Å². The average molecular weight is 2030 g/mol. The van der Waals surface area contributed by atoms with Gasteiger partial charge in [-0.2, -0.15) is 0 Å². The fourth-order valence-corrected chi connectivity index (χ4v) is 15.9. The van der Waals surface area contributed by atoms with Crippen LogP contribution < -0.4 is 137 Å². The average Bonchev–Trinajstić information content (AvgIpc) is 0.942. The molecule has 2 rings (SSSR count). The maximum atomic E-state index is 15.1. The highest BCUT2D eigenvalue weighted by Gasteiger charge is 2.40. The van der Waals surface area contributed by atoms with Crippen molar-refractivity contribution in [2.45, 2.75) is 353 Å². The Bertz CT molecular complexity index is 4260. The maximum Gasteiger partial charge on any atom is 0.326 e. The van der Waals surface area contributed by atoms with Gasteiger partial charge in [-0.15, -0.1) is 0 Å². The summed E-state index contributed by atoms with van der Waals surface area (Å²) in [5.41, 5.74) is 53.8. The van der Waals surface area contributed by atoms with Gasteiger partial charge >= 0.3 is 5.97 Å². The molecule has 16 atom stereocenters. The Morgan fingerprint density at radius 2 is 0.528 bits per heavy atom. The number of carbonyl (C=O) groups is 17. The van der Waals surface area contributed by atoms with Gasteiger partial charge < -0.3 is 142 Å². The van der Waals surface area contributed by atoms with Crippen molar-refractivity contribution in [1.29, 1.82) is 0 Å². The third kappa shape index (κ3) is 53.8. The molecular weight excluding hydrogens is 1850 g/mol. The Morgan fingerprint density at radius 3 is 0.833 bits per heavy atom. The molecule has 2 aromatic carbocycles. The number of aliphatic carboxylic acids is 1. The Kier molecular flexibility index (Phi) is 64.8. The fraction of sp³-hybridized carbons (Fsp3) is 0.700. The molecule has 0 aliphatic rings. The fourth-order valence-electron chi connectivity index (χ4n) is 15.9. The maximum absolute atomic E-state index is 15.1. The highest BCUT2D eigenvalue weighted by atomic mass is 16.4. The number of nitrogens with one attached hydrogen (secondary N) is 16. The first kappa shape index (κ1) is 128. The summed E-state index contributed by atoms with van der Waals surface area (Å²) < 4.78 is 0. The van der Waals surface area contributed by atoms with Crippen LogP contribution in [0.15, 0.2) is 65.7 Å². The highest BCUT2D eigenvalue weighted by Crippen LogP contribution is 2.20. The largest absolute Gasteiger partial charge is 0.480 e. The molecule has 814 valence electrons. The molecule has 0 fully saturated rings. The molecule has 44 nitrogen and oxygen atoms in total. The van der Waals surface area contributed by atoms with Crippen LogP contribution in [-0.2, 0) is 94.3 Å². The second-order valence-corrected chi connectivity index (χ2v) is 39.3. The Hall–Kier alpha value is -11.6. The third-order valence-electron chi connectivity index (χ3n) is 24.0. The smallest absolute Gasteiger partial charge is 0.326 e. The van der Waals surface area contributed by atoms with E-state index < -0.39 is 210 Å². The third-order valence-corrected chi connectivity index (χ3v) is 24.0. The van der Waals surface area contributed by atoms with Gasteiger partial charge in [-0.1, -0.05) is 150 Å². The van der Waals surface area contributed by atoms with E-state index in [1.54, 1.807) is 116 Å². The second-order valence-electron chi connectivity index (χ2n) is 39.3. The van der Waals surface area contributed by atoms with E-state index in [9.17, 15) is 67.4 Å². The first-order valence-corrected chi connectivity index (χ1v) is 51.5. The normalized spacial score (nSPS) is 14.7. The van der Waals surface area contributed by atoms with Crippen LogP contribution in [0, 0.1) is 35.5 Å². The molecule has 0 unspecified atom stereocenters. The Morgan fingerprint density at radius 1 is 0.285 bits per heavy atom. The van der Waals surface area contributed by atoms with Crippen LogP contribution in [-0.4, -0.2) is 261 Å². The molecule has 0 aliphatic heterocycles. The molecular formula is C100H176N26O18. The summed E-state index contributed by atoms with van der Waals surface area (Å²) in [5, 5.41) is 53.7. The minimum Gasteiger partial charge on any atom is -0.480 e. The van der Waals surface area contributed by atoms with Gasteiger partial charge in [-0.05, 0) is 246 Å². The molecule has 0 radical (unpaired) electrons. The number of aliphatic imine (C=N–C) groups is 1. The van der Waals surface area contributed by atoms with Crippen LogP contribution in [0.25, 0.3) is 0 Å². The van der Waals surface area contributed by atoms with Gasteiger partial charge in [0.15, 0.2) is 5.96 Å². The number of carboxylic acid groups (broad SMARTS) is 1. The summed E-state index contributed by atoms with van der Waals surface area (Å²) >= 11 is 0. The number of benzene rings is 2. The quantitative estimate of drug-likeness (QED) is 0.0215. The Balaban J connectivity index is 2.61. The number of amides is 16. The van der Waals surface area contributed by atoms with E-state index in [0.29, 0.717) is 108 Å². The second kappa shape index (κ2) is 72.6. The number of hydrogen-bond acceptors (Lipinski definition) is 25. The van der Waals surface area contributed by atoms with Crippen LogP contribution in [0.1, 0.15) is 261 Å². The van der Waals surface area contributed by atoms with Gasteiger partial charge in [0.1, 0.15) is 84.6 Å². The van der Waals surface area contributed by atoms with Crippen LogP contribution in [0.4, 0.5) is 0 Å². The lowest BCUT2D eigenvalue weighted by Crippen LogP contribution is -2.61. The van der Waals surface area contributed by atoms with Crippen molar-refractivity contribution in [3.05, 3.63) is 71.8 Å². The van der Waals surface area contributed by atoms with Crippen molar-refractivity contribution < 1.29 is 86.6 Å². The van der Waals surface area contributed by atoms with E-state index in [1.165, 1.54) is 0 Å². The molecule has 0 saturated carbocycles. The number of unbranched alkanes of at least 4 members (excludes halogenated alkanes) is 6. The number of hydrogen-bond donors (Lipinski definition) is 26. The predicted molar refractivity (Wildman–Crippen MR) is 553 cm³/mol. The molecule has 0 spiro atoms. The van der Waals surface area contributed by atoms with Gasteiger partial charge in [0.25, 0.3) is 0 Å². The van der Waals surface area contributed by atoms with E-state index in [0.717, 1.165) is 0 Å². The van der Waals surface area contributed by atoms with Crippen LogP contribution >= 0.6 is 0 Å². The van der Waals surface area contributed by atoms with Crippen LogP contribution in [0.3, 0.4) is 0 Å². The van der Waals surface area contributed by atoms with E-state index in [2.05, 4.69) is 90.1 Å². The van der Waals surface area contributed by atoms with Crippen molar-refractivity contribution >= 4 is 106 Å². The highest BCUT2D eigenvalue weighted by molar-refractivity contribution is 6.01. The molecule has 0 heterocycles. The summed E-state index contributed by atoms with van der Waals surface area (Å²) in [6.45, 7) is 21.9. The van der Waals surface area contributed by atoms with Crippen molar-refractivity contribution in [1.82, 2.24) is 85.1 Å². The summed E-state index contributed by atoms with van der Waals surface area (Å²) in [6, 6.07) is -2.22. The van der Waals surface area contributed by atoms with Gasteiger partial charge in [-0.3, -0.25) is 81.7 Å². The monoisotopic (exact) mass is 2030 g/mol. The zero-order valence-electron chi connectivity index (χ0n) is 87.1. The van der Waals surface area contributed by atoms with E-state index in [-0.39, 0.29) is 165 Å². The number of carbonyl (C=O) groups excluding carboxylic acids is 16. The van der Waals surface area contributed by atoms with Crippen molar-refractivity contribution in [2.24, 2.45) is 92.1 Å². The lowest BCUT2D eigenvalue weighted by Gasteiger charge is -2.30. The van der Waals surface area contributed by atoms with Gasteiger partial charge in [0.2, 0.25) is 94.5 Å². The SMILES string of the molecule is CC[C@H](C)[C@H](NC(=O)[C@H](CC(C)C)NC(=O)[C@H](CCCN=C(N)N)NC(=O)[C@H](CC(C)C)NC(=O)[C@H](CC(C)C)NC(=O)[C@H](CCCCN)NC(=O)[C@H](CCCCN)NC(=O)[C@H](Cc1ccccc1)NC(=O)[C@H](CC(C)C)NC(=O)CNC(=O)[C@@H](N)CC(C)C)C(=O)N[C@@H](CCCCN)C(=O)N[C@@H](CCCCN)C(=O)NCC(=O)N[C@@H](Cc1ccccc1)C(=O)N[C@@H](CCCCN)C(=O)N[C@@H](CCCCN)C(=O)O. The summed E-state index contributed by atoms with van der Waals surface area (Å²) in [5.74, 6) is -15.6. The van der Waals surface area contributed by atoms with Crippen LogP contribution in [0.2, 0.25) is 0 Å². The minimum atomic E-state index is -1.45. The van der Waals surface area contributed by atoms with Crippen molar-refractivity contribution in [2.75, 3.05) is 58.9 Å². The summed E-state index contributed by atoms with van der Waals surface area (Å²) in [4.78, 5) is 248. The molecule has 144 heavy (non-hydrogen) atoms. The van der Waals surface area contributed by atoms with Gasteiger partial charge in [-0.25, -0.2) is 4.79 Å².